The lowest BCUT2D eigenvalue weighted by atomic mass is 10.2. The van der Waals surface area contributed by atoms with Crippen LogP contribution < -0.4 is 4.90 Å². The number of aromatic nitrogens is 1. The predicted octanol–water partition coefficient (Wildman–Crippen LogP) is 0.835. The second kappa shape index (κ2) is 7.01. The summed E-state index contributed by atoms with van der Waals surface area (Å²) in [6, 6.07) is 0.208. The highest BCUT2D eigenvalue weighted by molar-refractivity contribution is 7.13. The van der Waals surface area contributed by atoms with Crippen LogP contribution in [0.15, 0.2) is 5.38 Å². The molecule has 1 fully saturated rings. The van der Waals surface area contributed by atoms with E-state index in [0.29, 0.717) is 19.8 Å². The minimum Gasteiger partial charge on any atom is -0.466 e. The summed E-state index contributed by atoms with van der Waals surface area (Å²) in [6.07, 6.45) is 0.0237. The van der Waals surface area contributed by atoms with Crippen LogP contribution in [-0.4, -0.2) is 54.6 Å². The van der Waals surface area contributed by atoms with Crippen molar-refractivity contribution >= 4 is 22.4 Å². The van der Waals surface area contributed by atoms with Crippen molar-refractivity contribution in [1.82, 2.24) is 4.98 Å². The van der Waals surface area contributed by atoms with Gasteiger partial charge in [0.2, 0.25) is 0 Å². The van der Waals surface area contributed by atoms with Crippen LogP contribution in [0.2, 0.25) is 0 Å². The Balaban J connectivity index is 2.01. The zero-order chi connectivity index (χ0) is 14.5. The van der Waals surface area contributed by atoms with Crippen LogP contribution in [0.5, 0.6) is 0 Å². The van der Waals surface area contributed by atoms with E-state index in [2.05, 4.69) is 16.8 Å². The molecule has 0 amide bonds. The molecule has 7 heteroatoms. The first kappa shape index (κ1) is 15.2. The molecule has 1 aliphatic rings. The summed E-state index contributed by atoms with van der Waals surface area (Å²) in [7, 11) is 0. The van der Waals surface area contributed by atoms with Crippen molar-refractivity contribution in [2.24, 2.45) is 0 Å². The van der Waals surface area contributed by atoms with Crippen LogP contribution >= 0.6 is 11.3 Å². The number of aliphatic hydroxyl groups excluding tert-OH is 1. The van der Waals surface area contributed by atoms with Gasteiger partial charge in [-0.3, -0.25) is 4.79 Å². The molecule has 6 nitrogen and oxygen atoms in total. The molecule has 2 unspecified atom stereocenters. The first-order valence-electron chi connectivity index (χ1n) is 6.73. The lowest BCUT2D eigenvalue weighted by molar-refractivity contribution is -0.142. The van der Waals surface area contributed by atoms with E-state index in [0.717, 1.165) is 10.8 Å². The molecule has 0 saturated carbocycles. The fraction of sp³-hybridized carbons (Fsp3) is 0.692. The molecule has 20 heavy (non-hydrogen) atoms. The van der Waals surface area contributed by atoms with Crippen LogP contribution in [0.4, 0.5) is 5.13 Å². The van der Waals surface area contributed by atoms with Gasteiger partial charge in [0.15, 0.2) is 5.13 Å². The van der Waals surface area contributed by atoms with Crippen molar-refractivity contribution in [2.75, 3.05) is 31.3 Å². The smallest absolute Gasteiger partial charge is 0.311 e. The van der Waals surface area contributed by atoms with Gasteiger partial charge in [-0.05, 0) is 13.8 Å². The number of carbonyl (C=O) groups is 1. The Bertz CT molecular complexity index is 451. The number of thiazole rings is 1. The number of carbonyl (C=O) groups excluding carboxylic acids is 1. The van der Waals surface area contributed by atoms with Gasteiger partial charge in [0.05, 0.1) is 44.1 Å². The first-order chi connectivity index (χ1) is 9.63. The highest BCUT2D eigenvalue weighted by Crippen LogP contribution is 2.26. The molecule has 0 bridgehead atoms. The van der Waals surface area contributed by atoms with Crippen molar-refractivity contribution < 1.29 is 19.4 Å². The summed E-state index contributed by atoms with van der Waals surface area (Å²) in [6.45, 7) is 5.41. The molecule has 2 rings (SSSR count). The Kier molecular flexibility index (Phi) is 5.33. The quantitative estimate of drug-likeness (QED) is 0.812. The Morgan fingerprint density at radius 2 is 2.50 bits per heavy atom. The predicted molar refractivity (Wildman–Crippen MR) is 76.1 cm³/mol. The van der Waals surface area contributed by atoms with E-state index >= 15 is 0 Å². The van der Waals surface area contributed by atoms with Gasteiger partial charge in [-0.25, -0.2) is 4.98 Å². The Labute approximate surface area is 122 Å². The van der Waals surface area contributed by atoms with E-state index in [1.54, 1.807) is 6.92 Å². The second-order valence-electron chi connectivity index (χ2n) is 4.74. The Morgan fingerprint density at radius 1 is 1.70 bits per heavy atom. The van der Waals surface area contributed by atoms with Crippen LogP contribution in [0.1, 0.15) is 19.5 Å². The normalized spacial score (nSPS) is 22.9. The number of hydrogen-bond acceptors (Lipinski definition) is 7. The minimum atomic E-state index is -0.257. The molecule has 1 aliphatic heterocycles. The maximum absolute atomic E-state index is 11.4. The summed E-state index contributed by atoms with van der Waals surface area (Å²) in [5, 5.41) is 11.9. The number of morpholine rings is 1. The summed E-state index contributed by atoms with van der Waals surface area (Å²) < 4.78 is 10.4. The number of esters is 1. The average Bonchev–Trinajstić information content (AvgIpc) is 2.88. The van der Waals surface area contributed by atoms with Gasteiger partial charge in [-0.1, -0.05) is 0 Å². The van der Waals surface area contributed by atoms with Crippen LogP contribution in [0, 0.1) is 0 Å². The van der Waals surface area contributed by atoms with E-state index in [9.17, 15) is 9.90 Å². The molecule has 1 N–H and O–H groups in total. The molecule has 1 aromatic rings. The standard InChI is InChI=1S/C13H20N2O4S/c1-3-18-12(17)4-10-8-20-13(14-10)15-5-11(6-16)19-7-9(15)2/h8-9,11,16H,3-7H2,1-2H3. The summed E-state index contributed by atoms with van der Waals surface area (Å²) in [5.74, 6) is -0.257. The van der Waals surface area contributed by atoms with E-state index in [1.807, 2.05) is 5.38 Å². The third-order valence-electron chi connectivity index (χ3n) is 3.13. The largest absolute Gasteiger partial charge is 0.466 e. The molecule has 2 heterocycles. The first-order valence-corrected chi connectivity index (χ1v) is 7.61. The van der Waals surface area contributed by atoms with E-state index in [1.165, 1.54) is 11.3 Å². The average molecular weight is 300 g/mol. The highest BCUT2D eigenvalue weighted by atomic mass is 32.1. The number of nitrogens with zero attached hydrogens (tertiary/aromatic N) is 2. The molecule has 0 radical (unpaired) electrons. The zero-order valence-corrected chi connectivity index (χ0v) is 12.6. The van der Waals surface area contributed by atoms with Gasteiger partial charge in [-0.15, -0.1) is 11.3 Å². The number of ether oxygens (including phenoxy) is 2. The maximum atomic E-state index is 11.4. The summed E-state index contributed by atoms with van der Waals surface area (Å²) in [4.78, 5) is 18.0. The molecule has 0 aromatic carbocycles. The molecule has 112 valence electrons. The van der Waals surface area contributed by atoms with Crippen molar-refractivity contribution in [3.63, 3.8) is 0 Å². The molecule has 0 spiro atoms. The van der Waals surface area contributed by atoms with Gasteiger partial charge in [0.25, 0.3) is 0 Å². The highest BCUT2D eigenvalue weighted by Gasteiger charge is 2.27. The number of rotatable bonds is 5. The molecular weight excluding hydrogens is 280 g/mol. The fourth-order valence-corrected chi connectivity index (χ4v) is 3.00. The van der Waals surface area contributed by atoms with Gasteiger partial charge in [0, 0.05) is 11.9 Å². The number of aliphatic hydroxyl groups is 1. The number of anilines is 1. The van der Waals surface area contributed by atoms with Gasteiger partial charge < -0.3 is 19.5 Å². The van der Waals surface area contributed by atoms with E-state index in [4.69, 9.17) is 9.47 Å². The van der Waals surface area contributed by atoms with Crippen molar-refractivity contribution in [1.29, 1.82) is 0 Å². The van der Waals surface area contributed by atoms with Crippen LogP contribution in [0.25, 0.3) is 0 Å². The third kappa shape index (κ3) is 3.68. The summed E-state index contributed by atoms with van der Waals surface area (Å²) in [5.41, 5.74) is 0.725. The Hall–Kier alpha value is -1.18. The minimum absolute atomic E-state index is 0.00424. The molecule has 1 aromatic heterocycles. The second-order valence-corrected chi connectivity index (χ2v) is 5.58. The van der Waals surface area contributed by atoms with Crippen molar-refractivity contribution in [3.05, 3.63) is 11.1 Å². The molecular formula is C13H20N2O4S. The van der Waals surface area contributed by atoms with Crippen molar-refractivity contribution in [3.8, 4) is 0 Å². The van der Waals surface area contributed by atoms with Crippen molar-refractivity contribution in [2.45, 2.75) is 32.4 Å². The van der Waals surface area contributed by atoms with Gasteiger partial charge in [0.1, 0.15) is 0 Å². The monoisotopic (exact) mass is 300 g/mol. The number of hydrogen-bond donors (Lipinski definition) is 1. The van der Waals surface area contributed by atoms with Gasteiger partial charge >= 0.3 is 5.97 Å². The molecule has 1 saturated heterocycles. The van der Waals surface area contributed by atoms with E-state index in [-0.39, 0.29) is 31.1 Å². The summed E-state index contributed by atoms with van der Waals surface area (Å²) >= 11 is 1.50. The van der Waals surface area contributed by atoms with Crippen LogP contribution in [-0.2, 0) is 20.7 Å². The fourth-order valence-electron chi connectivity index (χ4n) is 2.06. The molecule has 0 aliphatic carbocycles. The Morgan fingerprint density at radius 3 is 3.20 bits per heavy atom. The maximum Gasteiger partial charge on any atom is 0.311 e. The van der Waals surface area contributed by atoms with Crippen LogP contribution in [0.3, 0.4) is 0 Å². The lowest BCUT2D eigenvalue weighted by Gasteiger charge is -2.37. The lowest BCUT2D eigenvalue weighted by Crippen LogP contribution is -2.49. The molecule has 2 atom stereocenters. The van der Waals surface area contributed by atoms with E-state index < -0.39 is 0 Å². The van der Waals surface area contributed by atoms with Gasteiger partial charge in [-0.2, -0.15) is 0 Å². The third-order valence-corrected chi connectivity index (χ3v) is 4.05. The SMILES string of the molecule is CCOC(=O)Cc1csc(N2CC(CO)OCC2C)n1. The zero-order valence-electron chi connectivity index (χ0n) is 11.7. The topological polar surface area (TPSA) is 71.9 Å².